The molecule has 0 saturated carbocycles. The van der Waals surface area contributed by atoms with Gasteiger partial charge in [0.25, 0.3) is 0 Å². The predicted octanol–water partition coefficient (Wildman–Crippen LogP) is 3.30. The number of carbonyl (C=O) groups is 4. The molecular formula is C28H29F3N2O8. The summed E-state index contributed by atoms with van der Waals surface area (Å²) in [6.45, 7) is 0.611. The normalized spacial score (nSPS) is 25.2. The molecule has 3 fully saturated rings. The number of amides is 2. The van der Waals surface area contributed by atoms with Gasteiger partial charge in [0, 0.05) is 18.7 Å². The number of rotatable bonds is 5. The molecule has 2 aromatic carbocycles. The lowest BCUT2D eigenvalue weighted by molar-refractivity contribution is -0.192. The number of carboxylic acids is 1. The number of carbonyl (C=O) groups excluding carboxylic acids is 3. The van der Waals surface area contributed by atoms with E-state index in [0.717, 1.165) is 28.9 Å². The zero-order valence-electron chi connectivity index (χ0n) is 22.7. The van der Waals surface area contributed by atoms with E-state index in [-0.39, 0.29) is 11.8 Å². The second-order valence-corrected chi connectivity index (χ2v) is 9.89. The second-order valence-electron chi connectivity index (χ2n) is 9.89. The molecule has 1 N–H and O–H groups in total. The van der Waals surface area contributed by atoms with Crippen LogP contribution in [0.1, 0.15) is 24.4 Å². The quantitative estimate of drug-likeness (QED) is 0.421. The highest BCUT2D eigenvalue weighted by Gasteiger charge is 2.73. The highest BCUT2D eigenvalue weighted by molar-refractivity contribution is 6.09. The highest BCUT2D eigenvalue weighted by Crippen LogP contribution is 2.59. The van der Waals surface area contributed by atoms with Gasteiger partial charge in [-0.1, -0.05) is 24.3 Å². The Hall–Kier alpha value is -4.13. The monoisotopic (exact) mass is 578 g/mol. The molecule has 13 heteroatoms. The number of hydrogen-bond acceptors (Lipinski definition) is 8. The highest BCUT2D eigenvalue weighted by atomic mass is 19.4. The number of benzene rings is 2. The van der Waals surface area contributed by atoms with Crippen molar-refractivity contribution in [3.05, 3.63) is 48.0 Å². The molecule has 4 atom stereocenters. The molecule has 0 unspecified atom stereocenters. The van der Waals surface area contributed by atoms with Crippen molar-refractivity contribution in [1.82, 2.24) is 9.80 Å². The van der Waals surface area contributed by atoms with Crippen LogP contribution in [0.15, 0.2) is 42.5 Å². The maximum atomic E-state index is 13.3. The molecule has 0 aromatic heterocycles. The van der Waals surface area contributed by atoms with Gasteiger partial charge in [0.1, 0.15) is 17.0 Å². The van der Waals surface area contributed by atoms with Crippen molar-refractivity contribution in [2.24, 2.45) is 11.8 Å². The van der Waals surface area contributed by atoms with Crippen LogP contribution < -0.4 is 9.47 Å². The average molecular weight is 579 g/mol. The van der Waals surface area contributed by atoms with Gasteiger partial charge in [-0.25, -0.2) is 4.79 Å². The first kappa shape index (κ1) is 29.8. The summed E-state index contributed by atoms with van der Waals surface area (Å²) in [5.41, 5.74) is 1.58. The van der Waals surface area contributed by atoms with Crippen LogP contribution in [-0.4, -0.2) is 85.3 Å². The summed E-state index contributed by atoms with van der Waals surface area (Å²) < 4.78 is 47.9. The number of alkyl halides is 3. The van der Waals surface area contributed by atoms with E-state index in [0.29, 0.717) is 18.7 Å². The largest absolute Gasteiger partial charge is 0.497 e. The van der Waals surface area contributed by atoms with E-state index < -0.39 is 41.5 Å². The molecule has 220 valence electrons. The van der Waals surface area contributed by atoms with Gasteiger partial charge in [-0.05, 0) is 48.7 Å². The van der Waals surface area contributed by atoms with Crippen LogP contribution in [-0.2, 0) is 23.9 Å². The fraction of sp³-hybridized carbons (Fsp3) is 0.429. The summed E-state index contributed by atoms with van der Waals surface area (Å²) in [5, 5.41) is 7.12. The third-order valence-electron chi connectivity index (χ3n) is 7.98. The zero-order chi connectivity index (χ0) is 30.3. The summed E-state index contributed by atoms with van der Waals surface area (Å²) in [6.07, 6.45) is -3.84. The van der Waals surface area contributed by atoms with Crippen molar-refractivity contribution < 1.29 is 51.7 Å². The number of aliphatic carboxylic acids is 1. The molecule has 3 saturated heterocycles. The van der Waals surface area contributed by atoms with Gasteiger partial charge in [0.05, 0.1) is 33.2 Å². The summed E-state index contributed by atoms with van der Waals surface area (Å²) in [7, 11) is 6.07. The van der Waals surface area contributed by atoms with E-state index in [4.69, 9.17) is 24.1 Å². The first-order valence-electron chi connectivity index (χ1n) is 12.6. The number of nitrogens with zero attached hydrogens (tertiary/aromatic N) is 2. The summed E-state index contributed by atoms with van der Waals surface area (Å²) in [5.74, 6) is -3.75. The van der Waals surface area contributed by atoms with E-state index in [9.17, 15) is 27.6 Å². The number of esters is 1. The van der Waals surface area contributed by atoms with E-state index in [1.54, 1.807) is 14.2 Å². The van der Waals surface area contributed by atoms with Gasteiger partial charge in [0.2, 0.25) is 11.8 Å². The van der Waals surface area contributed by atoms with E-state index >= 15 is 0 Å². The lowest BCUT2D eigenvalue weighted by Gasteiger charge is -2.35. The van der Waals surface area contributed by atoms with Crippen molar-refractivity contribution in [3.63, 3.8) is 0 Å². The Balaban J connectivity index is 0.000000493. The van der Waals surface area contributed by atoms with Crippen LogP contribution in [0.4, 0.5) is 13.2 Å². The number of carboxylic acid groups (broad SMARTS) is 1. The van der Waals surface area contributed by atoms with Gasteiger partial charge < -0.3 is 19.3 Å². The number of halogens is 3. The first-order chi connectivity index (χ1) is 19.3. The third-order valence-corrected chi connectivity index (χ3v) is 7.98. The van der Waals surface area contributed by atoms with Crippen molar-refractivity contribution in [3.8, 4) is 22.6 Å². The SMILES string of the molecule is COC(=O)[C@@]12CCCN1[C@H](c1ccc(-c3ccc(OC)cc3)c(OC)c1)[C@H]1C(=O)N(C)C(=O)[C@H]12.O=C(O)C(F)(F)F. The Morgan fingerprint density at radius 2 is 1.63 bits per heavy atom. The topological polar surface area (TPSA) is 123 Å². The first-order valence-corrected chi connectivity index (χ1v) is 12.6. The number of ether oxygens (including phenoxy) is 3. The summed E-state index contributed by atoms with van der Waals surface area (Å²) in [6, 6.07) is 13.1. The molecule has 3 aliphatic heterocycles. The molecule has 10 nitrogen and oxygen atoms in total. The number of imide groups is 1. The van der Waals surface area contributed by atoms with Crippen molar-refractivity contribution in [2.75, 3.05) is 34.9 Å². The Morgan fingerprint density at radius 1 is 1.00 bits per heavy atom. The van der Waals surface area contributed by atoms with Crippen LogP contribution in [0.3, 0.4) is 0 Å². The zero-order valence-corrected chi connectivity index (χ0v) is 22.7. The minimum Gasteiger partial charge on any atom is -0.497 e. The van der Waals surface area contributed by atoms with Crippen LogP contribution >= 0.6 is 0 Å². The van der Waals surface area contributed by atoms with Crippen molar-refractivity contribution in [1.29, 1.82) is 0 Å². The Kier molecular flexibility index (Phi) is 8.03. The van der Waals surface area contributed by atoms with Crippen LogP contribution in [0.25, 0.3) is 11.1 Å². The molecule has 0 aliphatic carbocycles. The molecule has 2 amide bonds. The average Bonchev–Trinajstić information content (AvgIpc) is 3.57. The second kappa shape index (κ2) is 11.0. The van der Waals surface area contributed by atoms with E-state index in [1.807, 2.05) is 47.4 Å². The number of likely N-dealkylation sites (tertiary alicyclic amines) is 1. The molecule has 3 aliphatic rings. The van der Waals surface area contributed by atoms with Crippen LogP contribution in [0.2, 0.25) is 0 Å². The maximum Gasteiger partial charge on any atom is 0.490 e. The number of hydrogen-bond donors (Lipinski definition) is 1. The van der Waals surface area contributed by atoms with E-state index in [1.165, 1.54) is 19.1 Å². The molecular weight excluding hydrogens is 549 g/mol. The Labute approximate surface area is 233 Å². The van der Waals surface area contributed by atoms with Gasteiger partial charge in [-0.3, -0.25) is 24.2 Å². The van der Waals surface area contributed by atoms with Crippen LogP contribution in [0, 0.1) is 11.8 Å². The molecule has 41 heavy (non-hydrogen) atoms. The Morgan fingerprint density at radius 3 is 2.17 bits per heavy atom. The third kappa shape index (κ3) is 4.88. The molecule has 0 spiro atoms. The van der Waals surface area contributed by atoms with Gasteiger partial charge in [-0.15, -0.1) is 0 Å². The lowest BCUT2D eigenvalue weighted by atomic mass is 9.77. The smallest absolute Gasteiger partial charge is 0.490 e. The fourth-order valence-corrected chi connectivity index (χ4v) is 6.24. The van der Waals surface area contributed by atoms with Crippen molar-refractivity contribution >= 4 is 23.8 Å². The van der Waals surface area contributed by atoms with Gasteiger partial charge in [0.15, 0.2) is 0 Å². The maximum absolute atomic E-state index is 13.3. The molecule has 0 radical (unpaired) electrons. The molecule has 3 heterocycles. The Bertz CT molecular complexity index is 1360. The minimum absolute atomic E-state index is 0.254. The summed E-state index contributed by atoms with van der Waals surface area (Å²) >= 11 is 0. The van der Waals surface area contributed by atoms with Crippen molar-refractivity contribution in [2.45, 2.75) is 30.6 Å². The van der Waals surface area contributed by atoms with Gasteiger partial charge >= 0.3 is 18.1 Å². The van der Waals surface area contributed by atoms with E-state index in [2.05, 4.69) is 0 Å². The summed E-state index contributed by atoms with van der Waals surface area (Å²) in [4.78, 5) is 51.7. The predicted molar refractivity (Wildman–Crippen MR) is 137 cm³/mol. The minimum atomic E-state index is -5.08. The number of fused-ring (bicyclic) bond motifs is 3. The van der Waals surface area contributed by atoms with Crippen LogP contribution in [0.5, 0.6) is 11.5 Å². The number of methoxy groups -OCH3 is 3. The van der Waals surface area contributed by atoms with Gasteiger partial charge in [-0.2, -0.15) is 13.2 Å². The molecule has 5 rings (SSSR count). The molecule has 2 aromatic rings. The lowest BCUT2D eigenvalue weighted by Crippen LogP contribution is -2.54. The molecule has 0 bridgehead atoms. The standard InChI is InChI=1S/C26H28N2O6.C2HF3O2/c1-27-23(29)20-21(24(27)30)26(25(31)34-4)12-5-13-28(26)22(20)16-8-11-18(19(14-16)33-3)15-6-9-17(32-2)10-7-15;3-2(4,5)1(6)7/h6-11,14,20-22H,5,12-13H2,1-4H3;(H,6,7)/t20-,21-,22+,26-;/m0./s1. The fourth-order valence-electron chi connectivity index (χ4n) is 6.24.